The molecule has 16 heavy (non-hydrogen) atoms. The number of hydrogen-bond acceptors (Lipinski definition) is 3. The van der Waals surface area contributed by atoms with E-state index < -0.39 is 11.8 Å². The molecule has 0 aromatic carbocycles. The number of carbonyl (C=O) groups is 1. The van der Waals surface area contributed by atoms with Gasteiger partial charge in [-0.25, -0.2) is 4.79 Å². The second-order valence-electron chi connectivity index (χ2n) is 6.28. The van der Waals surface area contributed by atoms with Gasteiger partial charge in [0.2, 0.25) is 0 Å². The number of ether oxygens (including phenoxy) is 2. The third kappa shape index (κ3) is 3.13. The SMILES string of the molecule is CC(C)(C)OC(=O)OC1CCC2(CC1)CC2. The molecule has 92 valence electrons. The summed E-state index contributed by atoms with van der Waals surface area (Å²) in [5, 5.41) is 0. The van der Waals surface area contributed by atoms with Gasteiger partial charge in [-0.3, -0.25) is 0 Å². The minimum Gasteiger partial charge on any atom is -0.431 e. The van der Waals surface area contributed by atoms with Crippen molar-refractivity contribution in [3.63, 3.8) is 0 Å². The zero-order valence-electron chi connectivity index (χ0n) is 10.5. The molecule has 0 aliphatic heterocycles. The molecule has 2 fully saturated rings. The highest BCUT2D eigenvalue weighted by atomic mass is 16.7. The lowest BCUT2D eigenvalue weighted by atomic mass is 9.85. The Morgan fingerprint density at radius 3 is 2.12 bits per heavy atom. The molecule has 0 saturated heterocycles. The molecular weight excluding hydrogens is 204 g/mol. The molecule has 0 aromatic heterocycles. The first kappa shape index (κ1) is 11.7. The van der Waals surface area contributed by atoms with Crippen LogP contribution in [0.4, 0.5) is 4.79 Å². The topological polar surface area (TPSA) is 35.5 Å². The van der Waals surface area contributed by atoms with Crippen LogP contribution in [0.3, 0.4) is 0 Å². The number of hydrogen-bond donors (Lipinski definition) is 0. The van der Waals surface area contributed by atoms with Gasteiger partial charge in [0.05, 0.1) is 0 Å². The third-order valence-corrected chi connectivity index (χ3v) is 3.60. The predicted octanol–water partition coefficient (Wildman–Crippen LogP) is 3.66. The highest BCUT2D eigenvalue weighted by molar-refractivity contribution is 5.60. The molecule has 2 aliphatic carbocycles. The maximum absolute atomic E-state index is 11.5. The molecule has 0 aromatic rings. The summed E-state index contributed by atoms with van der Waals surface area (Å²) >= 11 is 0. The summed E-state index contributed by atoms with van der Waals surface area (Å²) < 4.78 is 10.5. The molecule has 0 amide bonds. The lowest BCUT2D eigenvalue weighted by molar-refractivity contribution is -0.0375. The lowest BCUT2D eigenvalue weighted by Crippen LogP contribution is -2.30. The minimum absolute atomic E-state index is 0.0843. The van der Waals surface area contributed by atoms with E-state index in [0.29, 0.717) is 5.41 Å². The van der Waals surface area contributed by atoms with E-state index in [2.05, 4.69) is 0 Å². The summed E-state index contributed by atoms with van der Waals surface area (Å²) in [5.74, 6) is 0. The fourth-order valence-corrected chi connectivity index (χ4v) is 2.41. The van der Waals surface area contributed by atoms with E-state index in [0.717, 1.165) is 12.8 Å². The summed E-state index contributed by atoms with van der Waals surface area (Å²) in [6, 6.07) is 0. The van der Waals surface area contributed by atoms with Gasteiger partial charge in [-0.15, -0.1) is 0 Å². The molecule has 3 nitrogen and oxygen atoms in total. The van der Waals surface area contributed by atoms with Gasteiger partial charge in [-0.1, -0.05) is 0 Å². The normalized spacial score (nSPS) is 24.2. The molecule has 2 rings (SSSR count). The van der Waals surface area contributed by atoms with Crippen molar-refractivity contribution in [3.8, 4) is 0 Å². The van der Waals surface area contributed by atoms with Gasteiger partial charge in [0.15, 0.2) is 0 Å². The van der Waals surface area contributed by atoms with Crippen molar-refractivity contribution in [2.75, 3.05) is 0 Å². The van der Waals surface area contributed by atoms with Crippen LogP contribution < -0.4 is 0 Å². The second kappa shape index (κ2) is 3.94. The van der Waals surface area contributed by atoms with Crippen LogP contribution in [-0.4, -0.2) is 17.9 Å². The van der Waals surface area contributed by atoms with E-state index in [1.807, 2.05) is 20.8 Å². The molecule has 1 spiro atoms. The number of carbonyl (C=O) groups excluding carboxylic acids is 1. The van der Waals surface area contributed by atoms with E-state index >= 15 is 0 Å². The van der Waals surface area contributed by atoms with Gasteiger partial charge in [0.25, 0.3) is 0 Å². The minimum atomic E-state index is -0.510. The zero-order chi connectivity index (χ0) is 11.8. The van der Waals surface area contributed by atoms with E-state index in [4.69, 9.17) is 9.47 Å². The molecule has 0 bridgehead atoms. The molecule has 0 unspecified atom stereocenters. The van der Waals surface area contributed by atoms with Crippen LogP contribution in [0.15, 0.2) is 0 Å². The van der Waals surface area contributed by atoms with Gasteiger partial charge in [-0.2, -0.15) is 0 Å². The van der Waals surface area contributed by atoms with Crippen LogP contribution in [0.2, 0.25) is 0 Å². The first-order chi connectivity index (χ1) is 7.39. The van der Waals surface area contributed by atoms with Crippen molar-refractivity contribution < 1.29 is 14.3 Å². The smallest absolute Gasteiger partial charge is 0.431 e. The molecule has 0 heterocycles. The van der Waals surface area contributed by atoms with E-state index in [9.17, 15) is 4.79 Å². The van der Waals surface area contributed by atoms with Gasteiger partial charge < -0.3 is 9.47 Å². The van der Waals surface area contributed by atoms with Gasteiger partial charge in [-0.05, 0) is 64.7 Å². The van der Waals surface area contributed by atoms with Crippen molar-refractivity contribution in [2.24, 2.45) is 5.41 Å². The fraction of sp³-hybridized carbons (Fsp3) is 0.923. The summed E-state index contributed by atoms with van der Waals surface area (Å²) in [7, 11) is 0. The molecule has 0 N–H and O–H groups in total. The standard InChI is InChI=1S/C13H22O3/c1-12(2,3)16-11(14)15-10-4-6-13(7-5-10)8-9-13/h10H,4-9H2,1-3H3. The van der Waals surface area contributed by atoms with Crippen LogP contribution in [0.5, 0.6) is 0 Å². The second-order valence-corrected chi connectivity index (χ2v) is 6.28. The Kier molecular flexibility index (Phi) is 2.89. The summed E-state index contributed by atoms with van der Waals surface area (Å²) in [6.45, 7) is 5.57. The number of rotatable bonds is 1. The highest BCUT2D eigenvalue weighted by Gasteiger charge is 2.45. The van der Waals surface area contributed by atoms with Crippen molar-refractivity contribution in [1.82, 2.24) is 0 Å². The molecule has 2 saturated carbocycles. The molecule has 0 radical (unpaired) electrons. The van der Waals surface area contributed by atoms with Crippen molar-refractivity contribution >= 4 is 6.16 Å². The Balaban J connectivity index is 1.72. The van der Waals surface area contributed by atoms with Crippen molar-refractivity contribution in [3.05, 3.63) is 0 Å². The summed E-state index contributed by atoms with van der Waals surface area (Å²) in [6.07, 6.45) is 6.81. The van der Waals surface area contributed by atoms with Crippen LogP contribution in [0, 0.1) is 5.41 Å². The Morgan fingerprint density at radius 2 is 1.69 bits per heavy atom. The maximum Gasteiger partial charge on any atom is 0.509 e. The van der Waals surface area contributed by atoms with Crippen LogP contribution in [0.1, 0.15) is 59.3 Å². The maximum atomic E-state index is 11.5. The first-order valence-electron chi connectivity index (χ1n) is 6.28. The van der Waals surface area contributed by atoms with Crippen molar-refractivity contribution in [2.45, 2.75) is 71.0 Å². The predicted molar refractivity (Wildman–Crippen MR) is 61.2 cm³/mol. The Bertz CT molecular complexity index is 263. The molecule has 3 heteroatoms. The molecule has 2 aliphatic rings. The van der Waals surface area contributed by atoms with Gasteiger partial charge >= 0.3 is 6.16 Å². The summed E-state index contributed by atoms with van der Waals surface area (Å²) in [5.41, 5.74) is 0.192. The van der Waals surface area contributed by atoms with E-state index in [1.165, 1.54) is 25.7 Å². The Hall–Kier alpha value is -0.730. The zero-order valence-corrected chi connectivity index (χ0v) is 10.5. The quantitative estimate of drug-likeness (QED) is 0.640. The largest absolute Gasteiger partial charge is 0.509 e. The summed E-state index contributed by atoms with van der Waals surface area (Å²) in [4.78, 5) is 11.5. The highest BCUT2D eigenvalue weighted by Crippen LogP contribution is 2.56. The Labute approximate surface area is 97.5 Å². The van der Waals surface area contributed by atoms with Gasteiger partial charge in [0, 0.05) is 0 Å². The average Bonchev–Trinajstić information content (AvgIpc) is 2.87. The fourth-order valence-electron chi connectivity index (χ4n) is 2.41. The lowest BCUT2D eigenvalue weighted by Gasteiger charge is -2.29. The monoisotopic (exact) mass is 226 g/mol. The first-order valence-corrected chi connectivity index (χ1v) is 6.28. The molecular formula is C13H22O3. The van der Waals surface area contributed by atoms with E-state index in [1.54, 1.807) is 0 Å². The van der Waals surface area contributed by atoms with Gasteiger partial charge in [0.1, 0.15) is 11.7 Å². The van der Waals surface area contributed by atoms with Crippen LogP contribution in [-0.2, 0) is 9.47 Å². The van der Waals surface area contributed by atoms with E-state index in [-0.39, 0.29) is 6.10 Å². The average molecular weight is 226 g/mol. The van der Waals surface area contributed by atoms with Crippen molar-refractivity contribution in [1.29, 1.82) is 0 Å². The van der Waals surface area contributed by atoms with Crippen LogP contribution >= 0.6 is 0 Å². The third-order valence-electron chi connectivity index (χ3n) is 3.60. The Morgan fingerprint density at radius 1 is 1.12 bits per heavy atom. The molecule has 0 atom stereocenters. The van der Waals surface area contributed by atoms with Crippen LogP contribution in [0.25, 0.3) is 0 Å².